The minimum absolute atomic E-state index is 0.000105. The second-order valence-corrected chi connectivity index (χ2v) is 6.21. The number of nitrogens with one attached hydrogen (secondary N) is 2. The highest BCUT2D eigenvalue weighted by Crippen LogP contribution is 2.09. The number of nitrogens with zero attached hydrogens (tertiary/aromatic N) is 1. The van der Waals surface area contributed by atoms with Crippen LogP contribution in [0.15, 0.2) is 40.9 Å². The molecule has 7 nitrogen and oxygen atoms in total. The van der Waals surface area contributed by atoms with Crippen molar-refractivity contribution < 1.29 is 17.7 Å². The Balaban J connectivity index is 1.83. The van der Waals surface area contributed by atoms with Gasteiger partial charge in [0.25, 0.3) is 5.91 Å². The van der Waals surface area contributed by atoms with Crippen LogP contribution in [0.1, 0.15) is 16.1 Å². The van der Waals surface area contributed by atoms with Crippen LogP contribution in [0.5, 0.6) is 0 Å². The molecule has 0 aliphatic carbocycles. The zero-order valence-corrected chi connectivity index (χ0v) is 12.2. The molecule has 1 aromatic carbocycles. The number of benzene rings is 1. The molecule has 0 fully saturated rings. The number of hydrogen-bond donors (Lipinski definition) is 2. The lowest BCUT2D eigenvalue weighted by Gasteiger charge is -2.06. The molecule has 0 saturated heterocycles. The van der Waals surface area contributed by atoms with E-state index >= 15 is 0 Å². The van der Waals surface area contributed by atoms with Gasteiger partial charge in [-0.3, -0.25) is 9.52 Å². The molecule has 0 aliphatic heterocycles. The van der Waals surface area contributed by atoms with Gasteiger partial charge in [0.1, 0.15) is 5.76 Å². The number of carbonyl (C=O) groups excluding carboxylic acids is 1. The monoisotopic (exact) mass is 309 g/mol. The molecule has 112 valence electrons. The minimum atomic E-state index is -3.59. The van der Waals surface area contributed by atoms with E-state index in [-0.39, 0.29) is 24.0 Å². The Morgan fingerprint density at radius 3 is 2.62 bits per heavy atom. The van der Waals surface area contributed by atoms with Gasteiger partial charge in [-0.1, -0.05) is 23.4 Å². The van der Waals surface area contributed by atoms with Crippen molar-refractivity contribution >= 4 is 21.7 Å². The van der Waals surface area contributed by atoms with Crippen LogP contribution in [0.4, 0.5) is 5.82 Å². The molecule has 2 rings (SSSR count). The molecule has 1 aromatic heterocycles. The van der Waals surface area contributed by atoms with E-state index in [4.69, 9.17) is 4.52 Å². The van der Waals surface area contributed by atoms with E-state index in [0.29, 0.717) is 11.3 Å². The molecule has 2 aromatic rings. The average molecular weight is 309 g/mol. The lowest BCUT2D eigenvalue weighted by Crippen LogP contribution is -2.31. The fraction of sp³-hybridized carbons (Fsp3) is 0.231. The first-order chi connectivity index (χ1) is 9.96. The molecule has 0 bridgehead atoms. The first kappa shape index (κ1) is 15.0. The van der Waals surface area contributed by atoms with Crippen LogP contribution in [0.2, 0.25) is 0 Å². The van der Waals surface area contributed by atoms with Crippen LogP contribution in [0.25, 0.3) is 0 Å². The molecule has 0 radical (unpaired) electrons. The summed E-state index contributed by atoms with van der Waals surface area (Å²) in [6.07, 6.45) is 0. The van der Waals surface area contributed by atoms with Crippen LogP contribution in [0.3, 0.4) is 0 Å². The largest absolute Gasteiger partial charge is 0.360 e. The summed E-state index contributed by atoms with van der Waals surface area (Å²) in [5, 5.41) is 6.08. The second kappa shape index (κ2) is 6.40. The van der Waals surface area contributed by atoms with Gasteiger partial charge in [0.15, 0.2) is 5.82 Å². The minimum Gasteiger partial charge on any atom is -0.360 e. The molecule has 8 heteroatoms. The van der Waals surface area contributed by atoms with E-state index in [0.717, 1.165) is 0 Å². The normalized spacial score (nSPS) is 11.1. The van der Waals surface area contributed by atoms with Gasteiger partial charge in [-0.2, -0.15) is 0 Å². The van der Waals surface area contributed by atoms with Crippen molar-refractivity contribution in [2.24, 2.45) is 0 Å². The molecule has 0 saturated carbocycles. The lowest BCUT2D eigenvalue weighted by molar-refractivity contribution is 0.0956. The van der Waals surface area contributed by atoms with Crippen molar-refractivity contribution in [1.29, 1.82) is 0 Å². The zero-order valence-electron chi connectivity index (χ0n) is 11.4. The number of sulfonamides is 1. The summed E-state index contributed by atoms with van der Waals surface area (Å²) in [4.78, 5) is 11.7. The van der Waals surface area contributed by atoms with Crippen molar-refractivity contribution in [2.45, 2.75) is 6.92 Å². The predicted molar refractivity (Wildman–Crippen MR) is 77.4 cm³/mol. The van der Waals surface area contributed by atoms with Gasteiger partial charge < -0.3 is 9.84 Å². The van der Waals surface area contributed by atoms with Gasteiger partial charge in [0.2, 0.25) is 10.0 Å². The molecular weight excluding hydrogens is 294 g/mol. The Morgan fingerprint density at radius 2 is 2.00 bits per heavy atom. The van der Waals surface area contributed by atoms with Crippen molar-refractivity contribution in [3.05, 3.63) is 47.7 Å². The molecule has 21 heavy (non-hydrogen) atoms. The highest BCUT2D eigenvalue weighted by atomic mass is 32.2. The van der Waals surface area contributed by atoms with E-state index < -0.39 is 10.0 Å². The van der Waals surface area contributed by atoms with E-state index in [9.17, 15) is 13.2 Å². The Kier molecular flexibility index (Phi) is 4.59. The molecule has 1 heterocycles. The molecule has 0 unspecified atom stereocenters. The smallest absolute Gasteiger partial charge is 0.251 e. The molecule has 0 atom stereocenters. The van der Waals surface area contributed by atoms with E-state index in [2.05, 4.69) is 15.2 Å². The van der Waals surface area contributed by atoms with Crippen molar-refractivity contribution in [3.63, 3.8) is 0 Å². The van der Waals surface area contributed by atoms with Crippen LogP contribution in [-0.4, -0.2) is 31.8 Å². The summed E-state index contributed by atoms with van der Waals surface area (Å²) >= 11 is 0. The molecule has 1 amide bonds. The Hall–Kier alpha value is -2.35. The SMILES string of the molecule is Cc1cc(NS(=O)(=O)CCNC(=O)c2ccccc2)no1. The van der Waals surface area contributed by atoms with E-state index in [1.165, 1.54) is 6.07 Å². The third-order valence-corrected chi connectivity index (χ3v) is 3.84. The molecule has 0 spiro atoms. The molecule has 2 N–H and O–H groups in total. The number of hydrogen-bond acceptors (Lipinski definition) is 5. The maximum atomic E-state index is 11.8. The summed E-state index contributed by atoms with van der Waals surface area (Å²) < 4.78 is 30.6. The topological polar surface area (TPSA) is 101 Å². The number of carbonyl (C=O) groups is 1. The molecular formula is C13H15N3O4S. The number of amides is 1. The summed E-state index contributed by atoms with van der Waals surface area (Å²) in [5.74, 6) is 0.0624. The standard InChI is InChI=1S/C13H15N3O4S/c1-10-9-12(15-20-10)16-21(18,19)8-7-14-13(17)11-5-3-2-4-6-11/h2-6,9H,7-8H2,1H3,(H,14,17)(H,15,16). The number of aryl methyl sites for hydroxylation is 1. The quantitative estimate of drug-likeness (QED) is 0.833. The Bertz CT molecular complexity index is 710. The summed E-state index contributed by atoms with van der Waals surface area (Å²) in [6.45, 7) is 1.66. The zero-order chi connectivity index (χ0) is 15.3. The Morgan fingerprint density at radius 1 is 1.29 bits per heavy atom. The number of rotatable bonds is 6. The van der Waals surface area contributed by atoms with Gasteiger partial charge in [0, 0.05) is 18.2 Å². The molecule has 0 aliphatic rings. The summed E-state index contributed by atoms with van der Waals surface area (Å²) in [7, 11) is -3.59. The van der Waals surface area contributed by atoms with Gasteiger partial charge in [-0.15, -0.1) is 0 Å². The maximum Gasteiger partial charge on any atom is 0.251 e. The number of aromatic nitrogens is 1. The first-order valence-corrected chi connectivity index (χ1v) is 7.88. The van der Waals surface area contributed by atoms with Crippen LogP contribution in [-0.2, 0) is 10.0 Å². The fourth-order valence-corrected chi connectivity index (χ4v) is 2.50. The van der Waals surface area contributed by atoms with Crippen molar-refractivity contribution in [2.75, 3.05) is 17.0 Å². The lowest BCUT2D eigenvalue weighted by atomic mass is 10.2. The van der Waals surface area contributed by atoms with Crippen molar-refractivity contribution in [3.8, 4) is 0 Å². The highest BCUT2D eigenvalue weighted by molar-refractivity contribution is 7.92. The van der Waals surface area contributed by atoms with Crippen LogP contribution in [0, 0.1) is 6.92 Å². The van der Waals surface area contributed by atoms with E-state index in [1.807, 2.05) is 0 Å². The van der Waals surface area contributed by atoms with Gasteiger partial charge >= 0.3 is 0 Å². The van der Waals surface area contributed by atoms with Crippen molar-refractivity contribution in [1.82, 2.24) is 10.5 Å². The van der Waals surface area contributed by atoms with E-state index in [1.54, 1.807) is 37.3 Å². The summed E-state index contributed by atoms with van der Waals surface area (Å²) in [5.41, 5.74) is 0.481. The van der Waals surface area contributed by atoms with Gasteiger partial charge in [-0.05, 0) is 19.1 Å². The Labute approximate surface area is 122 Å². The predicted octanol–water partition coefficient (Wildman–Crippen LogP) is 1.15. The van der Waals surface area contributed by atoms with Gasteiger partial charge in [0.05, 0.1) is 5.75 Å². The first-order valence-electron chi connectivity index (χ1n) is 6.23. The highest BCUT2D eigenvalue weighted by Gasteiger charge is 2.13. The van der Waals surface area contributed by atoms with Crippen LogP contribution >= 0.6 is 0 Å². The number of anilines is 1. The third-order valence-electron chi connectivity index (χ3n) is 2.58. The summed E-state index contributed by atoms with van der Waals surface area (Å²) in [6, 6.07) is 10.0. The van der Waals surface area contributed by atoms with Gasteiger partial charge in [-0.25, -0.2) is 8.42 Å². The third kappa shape index (κ3) is 4.60. The maximum absolute atomic E-state index is 11.8. The fourth-order valence-electron chi connectivity index (χ4n) is 1.62. The average Bonchev–Trinajstić information content (AvgIpc) is 2.84. The second-order valence-electron chi connectivity index (χ2n) is 4.37. The van der Waals surface area contributed by atoms with Crippen LogP contribution < -0.4 is 10.0 Å².